The SMILES string of the molecule is CCCCCCC(N)(CCC)CCC.O=C(O)CC(C(=O)O)S(=O)(=O)O. The molecular formula is C17H35NO7S. The quantitative estimate of drug-likeness (QED) is 0.273. The zero-order valence-corrected chi connectivity index (χ0v) is 16.9. The highest BCUT2D eigenvalue weighted by atomic mass is 32.2. The van der Waals surface area contributed by atoms with E-state index in [4.69, 9.17) is 20.5 Å². The molecule has 0 amide bonds. The summed E-state index contributed by atoms with van der Waals surface area (Å²) in [6.07, 6.45) is 10.3. The van der Waals surface area contributed by atoms with Crippen molar-refractivity contribution < 1.29 is 32.8 Å². The van der Waals surface area contributed by atoms with E-state index in [1.54, 1.807) is 0 Å². The third kappa shape index (κ3) is 14.0. The predicted octanol–water partition coefficient (Wildman–Crippen LogP) is 3.06. The second kappa shape index (κ2) is 13.9. The molecule has 26 heavy (non-hydrogen) atoms. The molecule has 0 saturated carbocycles. The molecule has 0 heterocycles. The summed E-state index contributed by atoms with van der Waals surface area (Å²) in [6, 6.07) is 0. The Morgan fingerprint density at radius 1 is 0.923 bits per heavy atom. The molecule has 0 aliphatic rings. The molecule has 0 aromatic carbocycles. The Morgan fingerprint density at radius 3 is 1.69 bits per heavy atom. The zero-order chi connectivity index (χ0) is 20.8. The van der Waals surface area contributed by atoms with Crippen LogP contribution in [0.3, 0.4) is 0 Å². The molecular weight excluding hydrogens is 362 g/mol. The highest BCUT2D eigenvalue weighted by molar-refractivity contribution is 7.87. The Bertz CT molecular complexity index is 499. The summed E-state index contributed by atoms with van der Waals surface area (Å²) in [4.78, 5) is 20.0. The van der Waals surface area contributed by atoms with Crippen LogP contribution >= 0.6 is 0 Å². The summed E-state index contributed by atoms with van der Waals surface area (Å²) >= 11 is 0. The van der Waals surface area contributed by atoms with E-state index in [2.05, 4.69) is 20.8 Å². The lowest BCUT2D eigenvalue weighted by Gasteiger charge is -2.29. The maximum Gasteiger partial charge on any atom is 0.325 e. The van der Waals surface area contributed by atoms with Gasteiger partial charge in [-0.25, -0.2) is 0 Å². The lowest BCUT2D eigenvalue weighted by molar-refractivity contribution is -0.143. The van der Waals surface area contributed by atoms with E-state index in [9.17, 15) is 18.0 Å². The Balaban J connectivity index is 0. The average molecular weight is 398 g/mol. The van der Waals surface area contributed by atoms with Gasteiger partial charge in [-0.1, -0.05) is 59.3 Å². The molecule has 0 aromatic rings. The standard InChI is InChI=1S/C13H29N.C4H6O7S/c1-4-7-8-9-12-13(14,10-5-2)11-6-3;5-3(6)1-2(4(7)8)12(9,10)11/h4-12,14H2,1-3H3;2H,1H2,(H,5,6)(H,7,8)(H,9,10,11). The largest absolute Gasteiger partial charge is 0.481 e. The second-order valence-electron chi connectivity index (χ2n) is 6.61. The van der Waals surface area contributed by atoms with Crippen LogP contribution in [0.15, 0.2) is 0 Å². The average Bonchev–Trinajstić information content (AvgIpc) is 2.49. The van der Waals surface area contributed by atoms with Crippen molar-refractivity contribution in [1.29, 1.82) is 0 Å². The van der Waals surface area contributed by atoms with Crippen molar-refractivity contribution in [2.24, 2.45) is 5.73 Å². The van der Waals surface area contributed by atoms with Gasteiger partial charge >= 0.3 is 11.9 Å². The van der Waals surface area contributed by atoms with Crippen molar-refractivity contribution in [3.05, 3.63) is 0 Å². The maximum atomic E-state index is 10.2. The molecule has 1 unspecified atom stereocenters. The fraction of sp³-hybridized carbons (Fsp3) is 0.882. The first-order valence-corrected chi connectivity index (χ1v) is 10.6. The molecule has 0 rings (SSSR count). The Morgan fingerprint density at radius 2 is 1.42 bits per heavy atom. The number of aliphatic carboxylic acids is 2. The van der Waals surface area contributed by atoms with Gasteiger partial charge in [0.25, 0.3) is 10.1 Å². The van der Waals surface area contributed by atoms with Crippen LogP contribution in [-0.4, -0.2) is 45.9 Å². The fourth-order valence-electron chi connectivity index (χ4n) is 2.75. The van der Waals surface area contributed by atoms with E-state index >= 15 is 0 Å². The molecule has 0 aliphatic carbocycles. The minimum Gasteiger partial charge on any atom is -0.481 e. The van der Waals surface area contributed by atoms with Crippen LogP contribution in [-0.2, 0) is 19.7 Å². The molecule has 0 bridgehead atoms. The van der Waals surface area contributed by atoms with E-state index in [0.717, 1.165) is 0 Å². The molecule has 0 radical (unpaired) electrons. The van der Waals surface area contributed by atoms with E-state index in [1.165, 1.54) is 57.8 Å². The highest BCUT2D eigenvalue weighted by Gasteiger charge is 2.33. The highest BCUT2D eigenvalue weighted by Crippen LogP contribution is 2.23. The smallest absolute Gasteiger partial charge is 0.325 e. The summed E-state index contributed by atoms with van der Waals surface area (Å²) < 4.78 is 28.7. The molecule has 1 atom stereocenters. The monoisotopic (exact) mass is 397 g/mol. The van der Waals surface area contributed by atoms with Crippen LogP contribution in [0, 0.1) is 0 Å². The molecule has 0 fully saturated rings. The molecule has 5 N–H and O–H groups in total. The lowest BCUT2D eigenvalue weighted by atomic mass is 9.84. The van der Waals surface area contributed by atoms with Gasteiger partial charge in [0, 0.05) is 5.54 Å². The summed E-state index contributed by atoms with van der Waals surface area (Å²) in [5.41, 5.74) is 6.55. The van der Waals surface area contributed by atoms with Crippen LogP contribution in [0.2, 0.25) is 0 Å². The normalized spacial score (nSPS) is 12.8. The second-order valence-corrected chi connectivity index (χ2v) is 8.21. The number of unbranched alkanes of at least 4 members (excludes halogenated alkanes) is 3. The first kappa shape index (κ1) is 27.0. The maximum absolute atomic E-state index is 10.2. The van der Waals surface area contributed by atoms with Gasteiger partial charge in [-0.2, -0.15) is 8.42 Å². The third-order valence-electron chi connectivity index (χ3n) is 4.02. The molecule has 8 nitrogen and oxygen atoms in total. The Labute approximate surface area is 156 Å². The van der Waals surface area contributed by atoms with Crippen LogP contribution in [0.1, 0.15) is 85.0 Å². The van der Waals surface area contributed by atoms with Crippen molar-refractivity contribution in [2.75, 3.05) is 0 Å². The van der Waals surface area contributed by atoms with E-state index < -0.39 is 33.7 Å². The van der Waals surface area contributed by atoms with Crippen LogP contribution in [0.25, 0.3) is 0 Å². The molecule has 9 heteroatoms. The van der Waals surface area contributed by atoms with E-state index in [0.29, 0.717) is 0 Å². The van der Waals surface area contributed by atoms with Crippen molar-refractivity contribution >= 4 is 22.1 Å². The number of rotatable bonds is 13. The van der Waals surface area contributed by atoms with Crippen molar-refractivity contribution in [3.8, 4) is 0 Å². The first-order valence-electron chi connectivity index (χ1n) is 9.13. The van der Waals surface area contributed by atoms with Gasteiger partial charge in [0.1, 0.15) is 0 Å². The summed E-state index contributed by atoms with van der Waals surface area (Å²) in [6.45, 7) is 6.74. The predicted molar refractivity (Wildman–Crippen MR) is 101 cm³/mol. The van der Waals surface area contributed by atoms with Crippen molar-refractivity contribution in [2.45, 2.75) is 95.8 Å². The first-order chi connectivity index (χ1) is 11.9. The number of carbonyl (C=O) groups is 2. The Kier molecular flexibility index (Phi) is 14.5. The van der Waals surface area contributed by atoms with Gasteiger partial charge in [-0.3, -0.25) is 14.1 Å². The van der Waals surface area contributed by atoms with Crippen LogP contribution < -0.4 is 5.73 Å². The lowest BCUT2D eigenvalue weighted by Crippen LogP contribution is -2.39. The molecule has 0 aromatic heterocycles. The number of hydrogen-bond acceptors (Lipinski definition) is 5. The van der Waals surface area contributed by atoms with E-state index in [-0.39, 0.29) is 5.54 Å². The topological polar surface area (TPSA) is 155 Å². The fourth-order valence-corrected chi connectivity index (χ4v) is 3.36. The van der Waals surface area contributed by atoms with E-state index in [1.807, 2.05) is 0 Å². The molecule has 0 saturated heterocycles. The van der Waals surface area contributed by atoms with Gasteiger partial charge in [0.2, 0.25) is 0 Å². The number of carboxylic acids is 2. The number of carboxylic acid groups (broad SMARTS) is 2. The zero-order valence-electron chi connectivity index (χ0n) is 16.1. The minimum absolute atomic E-state index is 0.150. The minimum atomic E-state index is -4.84. The summed E-state index contributed by atoms with van der Waals surface area (Å²) in [7, 11) is -4.84. The van der Waals surface area contributed by atoms with Crippen molar-refractivity contribution in [3.63, 3.8) is 0 Å². The third-order valence-corrected chi connectivity index (χ3v) is 5.11. The van der Waals surface area contributed by atoms with Gasteiger partial charge in [-0.05, 0) is 19.3 Å². The number of nitrogens with two attached hydrogens (primary N) is 1. The van der Waals surface area contributed by atoms with Gasteiger partial charge in [0.15, 0.2) is 5.25 Å². The van der Waals surface area contributed by atoms with Gasteiger partial charge in [0.05, 0.1) is 6.42 Å². The van der Waals surface area contributed by atoms with Gasteiger partial charge in [-0.15, -0.1) is 0 Å². The summed E-state index contributed by atoms with van der Waals surface area (Å²) in [5, 5.41) is 13.9. The van der Waals surface area contributed by atoms with Crippen LogP contribution in [0.5, 0.6) is 0 Å². The Hall–Kier alpha value is -1.19. The molecule has 156 valence electrons. The van der Waals surface area contributed by atoms with Crippen LogP contribution in [0.4, 0.5) is 0 Å². The summed E-state index contributed by atoms with van der Waals surface area (Å²) in [5.74, 6) is -3.50. The van der Waals surface area contributed by atoms with Gasteiger partial charge < -0.3 is 15.9 Å². The molecule has 0 spiro atoms. The van der Waals surface area contributed by atoms with Crippen molar-refractivity contribution in [1.82, 2.24) is 0 Å². The molecule has 0 aliphatic heterocycles. The number of hydrogen-bond donors (Lipinski definition) is 4.